The highest BCUT2D eigenvalue weighted by molar-refractivity contribution is 5.89. The summed E-state index contributed by atoms with van der Waals surface area (Å²) in [6.45, 7) is 2.08. The zero-order chi connectivity index (χ0) is 9.42. The highest BCUT2D eigenvalue weighted by Gasteiger charge is 2.17. The monoisotopic (exact) mass is 177 g/mol. The minimum Gasteiger partial charge on any atom is -0.478 e. The second-order valence-electron chi connectivity index (χ2n) is 3.43. The van der Waals surface area contributed by atoms with Gasteiger partial charge < -0.3 is 10.4 Å². The molecule has 1 aromatic carbocycles. The van der Waals surface area contributed by atoms with Crippen molar-refractivity contribution in [2.45, 2.75) is 19.4 Å². The van der Waals surface area contributed by atoms with E-state index in [1.165, 1.54) is 5.56 Å². The van der Waals surface area contributed by atoms with E-state index in [0.717, 1.165) is 12.1 Å². The molecule has 3 heteroatoms. The van der Waals surface area contributed by atoms with Crippen molar-refractivity contribution >= 4 is 11.7 Å². The molecule has 1 aromatic rings. The molecule has 1 heterocycles. The van der Waals surface area contributed by atoms with Crippen molar-refractivity contribution in [1.82, 2.24) is 0 Å². The number of carbonyl (C=O) groups is 1. The van der Waals surface area contributed by atoms with Crippen LogP contribution in [-0.4, -0.2) is 17.1 Å². The summed E-state index contributed by atoms with van der Waals surface area (Å²) in [4.78, 5) is 10.7. The van der Waals surface area contributed by atoms with Gasteiger partial charge in [0.05, 0.1) is 5.56 Å². The Morgan fingerprint density at radius 2 is 2.38 bits per heavy atom. The SMILES string of the molecule is C[C@@H]1Cc2ccc(C(=O)O)cc2N1. The van der Waals surface area contributed by atoms with Crippen LogP contribution in [0, 0.1) is 0 Å². The number of hydrogen-bond donors (Lipinski definition) is 2. The van der Waals surface area contributed by atoms with Gasteiger partial charge in [0.1, 0.15) is 0 Å². The number of nitrogens with one attached hydrogen (secondary N) is 1. The molecule has 0 amide bonds. The summed E-state index contributed by atoms with van der Waals surface area (Å²) in [7, 11) is 0. The highest BCUT2D eigenvalue weighted by Crippen LogP contribution is 2.26. The standard InChI is InChI=1S/C10H11NO2/c1-6-4-7-2-3-8(10(12)13)5-9(7)11-6/h2-3,5-6,11H,4H2,1H3,(H,12,13)/t6-/m1/s1. The van der Waals surface area contributed by atoms with Gasteiger partial charge in [0.25, 0.3) is 0 Å². The molecule has 0 fully saturated rings. The van der Waals surface area contributed by atoms with Gasteiger partial charge in [-0.2, -0.15) is 0 Å². The van der Waals surface area contributed by atoms with Crippen LogP contribution in [0.25, 0.3) is 0 Å². The average Bonchev–Trinajstić information content (AvgIpc) is 2.42. The Labute approximate surface area is 76.4 Å². The Morgan fingerprint density at radius 1 is 1.62 bits per heavy atom. The Morgan fingerprint density at radius 3 is 3.08 bits per heavy atom. The van der Waals surface area contributed by atoms with Crippen molar-refractivity contribution in [3.8, 4) is 0 Å². The first-order chi connectivity index (χ1) is 6.16. The normalized spacial score (nSPS) is 19.3. The first-order valence-electron chi connectivity index (χ1n) is 4.29. The summed E-state index contributed by atoms with van der Waals surface area (Å²) in [5, 5.41) is 12.0. The van der Waals surface area contributed by atoms with Crippen LogP contribution in [-0.2, 0) is 6.42 Å². The smallest absolute Gasteiger partial charge is 0.335 e. The Balaban J connectivity index is 2.40. The predicted octanol–water partition coefficient (Wildman–Crippen LogP) is 1.74. The van der Waals surface area contributed by atoms with Crippen molar-refractivity contribution in [1.29, 1.82) is 0 Å². The molecule has 68 valence electrons. The zero-order valence-electron chi connectivity index (χ0n) is 7.37. The molecule has 1 atom stereocenters. The molecule has 1 aliphatic heterocycles. The number of aromatic carboxylic acids is 1. The van der Waals surface area contributed by atoms with E-state index in [2.05, 4.69) is 12.2 Å². The highest BCUT2D eigenvalue weighted by atomic mass is 16.4. The number of hydrogen-bond acceptors (Lipinski definition) is 2. The molecule has 1 aliphatic rings. The van der Waals surface area contributed by atoms with Gasteiger partial charge in [-0.15, -0.1) is 0 Å². The molecular formula is C10H11NO2. The van der Waals surface area contributed by atoms with Gasteiger partial charge in [-0.1, -0.05) is 6.07 Å². The Bertz CT molecular complexity index is 360. The molecule has 0 bridgehead atoms. The Hall–Kier alpha value is -1.51. The maximum Gasteiger partial charge on any atom is 0.335 e. The van der Waals surface area contributed by atoms with Gasteiger partial charge in [0, 0.05) is 11.7 Å². The van der Waals surface area contributed by atoms with Crippen molar-refractivity contribution in [2.24, 2.45) is 0 Å². The van der Waals surface area contributed by atoms with E-state index in [1.807, 2.05) is 6.07 Å². The van der Waals surface area contributed by atoms with Gasteiger partial charge in [-0.3, -0.25) is 0 Å². The van der Waals surface area contributed by atoms with Crippen molar-refractivity contribution < 1.29 is 9.90 Å². The quantitative estimate of drug-likeness (QED) is 0.687. The summed E-state index contributed by atoms with van der Waals surface area (Å²) < 4.78 is 0. The lowest BCUT2D eigenvalue weighted by Crippen LogP contribution is -2.08. The van der Waals surface area contributed by atoms with Gasteiger partial charge in [-0.25, -0.2) is 4.79 Å². The summed E-state index contributed by atoms with van der Waals surface area (Å²) in [5.41, 5.74) is 2.52. The molecule has 0 aromatic heterocycles. The second-order valence-corrected chi connectivity index (χ2v) is 3.43. The molecule has 2 rings (SSSR count). The fraction of sp³-hybridized carbons (Fsp3) is 0.300. The van der Waals surface area contributed by atoms with Gasteiger partial charge in [0.2, 0.25) is 0 Å². The first kappa shape index (κ1) is 8.10. The van der Waals surface area contributed by atoms with Crippen molar-refractivity contribution in [2.75, 3.05) is 5.32 Å². The van der Waals surface area contributed by atoms with E-state index in [9.17, 15) is 4.79 Å². The maximum absolute atomic E-state index is 10.7. The Kier molecular flexibility index (Phi) is 1.72. The summed E-state index contributed by atoms with van der Waals surface area (Å²) in [5.74, 6) is -0.871. The minimum absolute atomic E-state index is 0.348. The first-order valence-corrected chi connectivity index (χ1v) is 4.29. The predicted molar refractivity (Wildman–Crippen MR) is 50.2 cm³/mol. The number of anilines is 1. The second kappa shape index (κ2) is 2.76. The fourth-order valence-electron chi connectivity index (χ4n) is 1.67. The van der Waals surface area contributed by atoms with E-state index >= 15 is 0 Å². The molecule has 2 N–H and O–H groups in total. The minimum atomic E-state index is -0.871. The van der Waals surface area contributed by atoms with Crippen LogP contribution in [0.1, 0.15) is 22.8 Å². The summed E-state index contributed by atoms with van der Waals surface area (Å²) in [6.07, 6.45) is 0.981. The fourth-order valence-corrected chi connectivity index (χ4v) is 1.67. The number of carboxylic acid groups (broad SMARTS) is 1. The summed E-state index contributed by atoms with van der Waals surface area (Å²) in [6, 6.07) is 5.65. The molecule has 0 unspecified atom stereocenters. The van der Waals surface area contributed by atoms with E-state index in [1.54, 1.807) is 12.1 Å². The number of carboxylic acids is 1. The molecule has 0 saturated carbocycles. The van der Waals surface area contributed by atoms with E-state index < -0.39 is 5.97 Å². The maximum atomic E-state index is 10.7. The molecule has 13 heavy (non-hydrogen) atoms. The largest absolute Gasteiger partial charge is 0.478 e. The van der Waals surface area contributed by atoms with Crippen LogP contribution in [0.5, 0.6) is 0 Å². The number of rotatable bonds is 1. The molecular weight excluding hydrogens is 166 g/mol. The van der Waals surface area contributed by atoms with E-state index in [4.69, 9.17) is 5.11 Å². The third kappa shape index (κ3) is 1.37. The molecule has 3 nitrogen and oxygen atoms in total. The molecule has 0 saturated heterocycles. The topological polar surface area (TPSA) is 49.3 Å². The molecule has 0 aliphatic carbocycles. The van der Waals surface area contributed by atoms with Crippen molar-refractivity contribution in [3.63, 3.8) is 0 Å². The van der Waals surface area contributed by atoms with Gasteiger partial charge >= 0.3 is 5.97 Å². The average molecular weight is 177 g/mol. The third-order valence-corrected chi connectivity index (χ3v) is 2.28. The van der Waals surface area contributed by atoms with Crippen LogP contribution >= 0.6 is 0 Å². The zero-order valence-corrected chi connectivity index (χ0v) is 7.37. The van der Waals surface area contributed by atoms with Gasteiger partial charge in [-0.05, 0) is 31.0 Å². The van der Waals surface area contributed by atoms with Gasteiger partial charge in [0.15, 0.2) is 0 Å². The molecule has 0 spiro atoms. The molecule has 0 radical (unpaired) electrons. The summed E-state index contributed by atoms with van der Waals surface area (Å²) >= 11 is 0. The van der Waals surface area contributed by atoms with Crippen LogP contribution in [0.2, 0.25) is 0 Å². The lowest BCUT2D eigenvalue weighted by molar-refractivity contribution is 0.0697. The lowest BCUT2D eigenvalue weighted by Gasteiger charge is -2.02. The third-order valence-electron chi connectivity index (χ3n) is 2.28. The number of fused-ring (bicyclic) bond motifs is 1. The van der Waals surface area contributed by atoms with Crippen LogP contribution in [0.15, 0.2) is 18.2 Å². The van der Waals surface area contributed by atoms with E-state index in [-0.39, 0.29) is 0 Å². The number of benzene rings is 1. The van der Waals surface area contributed by atoms with Crippen LogP contribution in [0.4, 0.5) is 5.69 Å². The van der Waals surface area contributed by atoms with Crippen molar-refractivity contribution in [3.05, 3.63) is 29.3 Å². The van der Waals surface area contributed by atoms with Crippen LogP contribution in [0.3, 0.4) is 0 Å². The van der Waals surface area contributed by atoms with E-state index in [0.29, 0.717) is 11.6 Å². The lowest BCUT2D eigenvalue weighted by atomic mass is 10.1. The van der Waals surface area contributed by atoms with Crippen LogP contribution < -0.4 is 5.32 Å².